The monoisotopic (exact) mass is 412 g/mol. The Kier molecular flexibility index (Phi) is 5.23. The van der Waals surface area contributed by atoms with Gasteiger partial charge in [0.25, 0.3) is 0 Å². The summed E-state index contributed by atoms with van der Waals surface area (Å²) in [5, 5.41) is 1.32. The number of piperazine rings is 1. The van der Waals surface area contributed by atoms with Crippen molar-refractivity contribution in [1.29, 1.82) is 0 Å². The first-order valence-electron chi connectivity index (χ1n) is 11.5. The Morgan fingerprint density at radius 2 is 1.86 bits per heavy atom. The molecule has 2 aliphatic carbocycles. The SMILES string of the molecule is CCC(C)c1nc(N2CCN(C(=O)C3CCC3)CC2)c2c3c(sc2n1)CCCC3. The van der Waals surface area contributed by atoms with Crippen LogP contribution in [0.3, 0.4) is 0 Å². The number of hydrogen-bond acceptors (Lipinski definition) is 5. The third kappa shape index (κ3) is 3.43. The number of nitrogens with zero attached hydrogens (tertiary/aromatic N) is 4. The Morgan fingerprint density at radius 3 is 2.55 bits per heavy atom. The molecule has 2 fully saturated rings. The lowest BCUT2D eigenvalue weighted by Crippen LogP contribution is -2.51. The largest absolute Gasteiger partial charge is 0.352 e. The van der Waals surface area contributed by atoms with Gasteiger partial charge in [-0.25, -0.2) is 9.97 Å². The minimum atomic E-state index is 0.299. The fourth-order valence-electron chi connectivity index (χ4n) is 4.84. The summed E-state index contributed by atoms with van der Waals surface area (Å²) in [6.07, 6.45) is 9.37. The highest BCUT2D eigenvalue weighted by Crippen LogP contribution is 2.41. The second-order valence-corrected chi connectivity index (χ2v) is 10.1. The smallest absolute Gasteiger partial charge is 0.225 e. The fraction of sp³-hybridized carbons (Fsp3) is 0.696. The number of thiophene rings is 1. The van der Waals surface area contributed by atoms with Crippen LogP contribution >= 0.6 is 11.3 Å². The van der Waals surface area contributed by atoms with E-state index >= 15 is 0 Å². The van der Waals surface area contributed by atoms with Gasteiger partial charge in [-0.05, 0) is 50.5 Å². The van der Waals surface area contributed by atoms with Crippen molar-refractivity contribution in [2.24, 2.45) is 5.92 Å². The molecule has 0 bridgehead atoms. The number of amides is 1. The summed E-state index contributed by atoms with van der Waals surface area (Å²) >= 11 is 1.90. The topological polar surface area (TPSA) is 49.3 Å². The zero-order chi connectivity index (χ0) is 20.0. The van der Waals surface area contributed by atoms with Crippen LogP contribution in [0.5, 0.6) is 0 Å². The molecule has 3 aliphatic rings. The lowest BCUT2D eigenvalue weighted by molar-refractivity contribution is -0.138. The lowest BCUT2D eigenvalue weighted by atomic mass is 9.84. The van der Waals surface area contributed by atoms with Crippen molar-refractivity contribution in [2.45, 2.75) is 71.1 Å². The Hall–Kier alpha value is -1.69. The van der Waals surface area contributed by atoms with E-state index < -0.39 is 0 Å². The summed E-state index contributed by atoms with van der Waals surface area (Å²) < 4.78 is 0. The van der Waals surface area contributed by atoms with E-state index in [1.165, 1.54) is 46.3 Å². The Balaban J connectivity index is 1.46. The molecule has 1 saturated carbocycles. The van der Waals surface area contributed by atoms with Crippen LogP contribution in [-0.2, 0) is 17.6 Å². The molecule has 1 saturated heterocycles. The molecule has 5 nitrogen and oxygen atoms in total. The predicted molar refractivity (Wildman–Crippen MR) is 119 cm³/mol. The van der Waals surface area contributed by atoms with Gasteiger partial charge in [-0.15, -0.1) is 11.3 Å². The molecular weight excluding hydrogens is 380 g/mol. The molecule has 1 atom stereocenters. The number of carbonyl (C=O) groups is 1. The molecule has 1 aliphatic heterocycles. The molecule has 0 N–H and O–H groups in total. The maximum absolute atomic E-state index is 12.7. The molecule has 0 spiro atoms. The van der Waals surface area contributed by atoms with Crippen molar-refractivity contribution in [3.8, 4) is 0 Å². The van der Waals surface area contributed by atoms with Crippen molar-refractivity contribution in [1.82, 2.24) is 14.9 Å². The van der Waals surface area contributed by atoms with Crippen LogP contribution in [0.15, 0.2) is 0 Å². The normalized spacial score (nSPS) is 21.2. The van der Waals surface area contributed by atoms with Crippen molar-refractivity contribution < 1.29 is 4.79 Å². The summed E-state index contributed by atoms with van der Waals surface area (Å²) in [7, 11) is 0. The summed E-state index contributed by atoms with van der Waals surface area (Å²) in [5.74, 6) is 3.19. The van der Waals surface area contributed by atoms with Gasteiger partial charge in [0.2, 0.25) is 5.91 Å². The van der Waals surface area contributed by atoms with E-state index in [-0.39, 0.29) is 0 Å². The first-order valence-corrected chi connectivity index (χ1v) is 12.3. The zero-order valence-corrected chi connectivity index (χ0v) is 18.6. The van der Waals surface area contributed by atoms with Crippen LogP contribution in [0.2, 0.25) is 0 Å². The molecule has 2 aromatic heterocycles. The van der Waals surface area contributed by atoms with E-state index in [2.05, 4.69) is 23.6 Å². The van der Waals surface area contributed by atoms with Crippen molar-refractivity contribution >= 4 is 33.3 Å². The molecule has 1 unspecified atom stereocenters. The van der Waals surface area contributed by atoms with Gasteiger partial charge in [-0.1, -0.05) is 20.3 Å². The first-order chi connectivity index (χ1) is 14.2. The molecule has 5 rings (SSSR count). The minimum absolute atomic E-state index is 0.299. The van der Waals surface area contributed by atoms with Crippen LogP contribution in [0.4, 0.5) is 5.82 Å². The van der Waals surface area contributed by atoms with E-state index in [0.29, 0.717) is 17.7 Å². The molecule has 29 heavy (non-hydrogen) atoms. The Morgan fingerprint density at radius 1 is 1.10 bits per heavy atom. The number of carbonyl (C=O) groups excluding carboxylic acids is 1. The van der Waals surface area contributed by atoms with Gasteiger partial charge in [0.1, 0.15) is 16.5 Å². The van der Waals surface area contributed by atoms with Crippen LogP contribution in [-0.4, -0.2) is 47.0 Å². The summed E-state index contributed by atoms with van der Waals surface area (Å²) in [6, 6.07) is 0. The van der Waals surface area contributed by atoms with Crippen LogP contribution in [0, 0.1) is 5.92 Å². The van der Waals surface area contributed by atoms with Gasteiger partial charge in [-0.3, -0.25) is 4.79 Å². The van der Waals surface area contributed by atoms with Gasteiger partial charge < -0.3 is 9.80 Å². The van der Waals surface area contributed by atoms with E-state index in [1.807, 2.05) is 11.3 Å². The van der Waals surface area contributed by atoms with Gasteiger partial charge in [0, 0.05) is 42.9 Å². The highest BCUT2D eigenvalue weighted by Gasteiger charge is 2.32. The second kappa shape index (κ2) is 7.86. The molecule has 1 amide bonds. The highest BCUT2D eigenvalue weighted by molar-refractivity contribution is 7.19. The molecule has 6 heteroatoms. The van der Waals surface area contributed by atoms with E-state index in [9.17, 15) is 4.79 Å². The molecular formula is C23H32N4OS. The third-order valence-corrected chi connectivity index (χ3v) is 8.40. The standard InChI is InChI=1S/C23H32N4OS/c1-3-15(2)20-24-21(19-17-9-4-5-10-18(17)29-22(19)25-20)26-11-13-27(14-12-26)23(28)16-7-6-8-16/h15-16H,3-14H2,1-2H3. The van der Waals surface area contributed by atoms with Gasteiger partial charge in [-0.2, -0.15) is 0 Å². The number of aromatic nitrogens is 2. The van der Waals surface area contributed by atoms with Crippen molar-refractivity contribution in [2.75, 3.05) is 31.1 Å². The Labute approximate surface area is 177 Å². The van der Waals surface area contributed by atoms with Crippen LogP contribution < -0.4 is 4.90 Å². The zero-order valence-electron chi connectivity index (χ0n) is 17.7. The number of fused-ring (bicyclic) bond motifs is 3. The highest BCUT2D eigenvalue weighted by atomic mass is 32.1. The molecule has 156 valence electrons. The summed E-state index contributed by atoms with van der Waals surface area (Å²) in [4.78, 5) is 30.0. The quantitative estimate of drug-likeness (QED) is 0.740. The number of hydrogen-bond donors (Lipinski definition) is 0. The third-order valence-electron chi connectivity index (χ3n) is 7.21. The van der Waals surface area contributed by atoms with Gasteiger partial charge in [0.05, 0.1) is 5.39 Å². The second-order valence-electron chi connectivity index (χ2n) is 9.05. The Bertz CT molecular complexity index is 911. The number of anilines is 1. The van der Waals surface area contributed by atoms with Crippen LogP contribution in [0.1, 0.15) is 74.6 Å². The molecule has 0 radical (unpaired) electrons. The molecule has 0 aromatic carbocycles. The van der Waals surface area contributed by atoms with E-state index in [0.717, 1.165) is 63.5 Å². The summed E-state index contributed by atoms with van der Waals surface area (Å²) in [5.41, 5.74) is 1.51. The maximum atomic E-state index is 12.7. The lowest BCUT2D eigenvalue weighted by Gasteiger charge is -2.39. The van der Waals surface area contributed by atoms with Crippen molar-refractivity contribution in [3.05, 3.63) is 16.3 Å². The molecule has 2 aromatic rings. The van der Waals surface area contributed by atoms with Gasteiger partial charge in [0.15, 0.2) is 0 Å². The van der Waals surface area contributed by atoms with Gasteiger partial charge >= 0.3 is 0 Å². The fourth-order valence-corrected chi connectivity index (χ4v) is 6.10. The number of rotatable bonds is 4. The minimum Gasteiger partial charge on any atom is -0.352 e. The van der Waals surface area contributed by atoms with E-state index in [4.69, 9.17) is 9.97 Å². The average molecular weight is 413 g/mol. The van der Waals surface area contributed by atoms with E-state index in [1.54, 1.807) is 0 Å². The summed E-state index contributed by atoms with van der Waals surface area (Å²) in [6.45, 7) is 7.86. The maximum Gasteiger partial charge on any atom is 0.225 e. The number of aryl methyl sites for hydroxylation is 2. The van der Waals surface area contributed by atoms with Crippen LogP contribution in [0.25, 0.3) is 10.2 Å². The predicted octanol–water partition coefficient (Wildman–Crippen LogP) is 4.53. The van der Waals surface area contributed by atoms with Crippen molar-refractivity contribution in [3.63, 3.8) is 0 Å². The first kappa shape index (κ1) is 19.3. The average Bonchev–Trinajstić information content (AvgIpc) is 3.10. The molecule has 3 heterocycles.